The van der Waals surface area contributed by atoms with E-state index in [1.165, 1.54) is 0 Å². The Bertz CT molecular complexity index is 656. The molecule has 3 rings (SSSR count). The number of rotatable bonds is 5. The minimum atomic E-state index is 0.766. The highest BCUT2D eigenvalue weighted by atomic mass is 15.3. The molecule has 0 atom stereocenters. The zero-order valence-electron chi connectivity index (χ0n) is 10.7. The van der Waals surface area contributed by atoms with Crippen LogP contribution in [0.25, 0.3) is 5.65 Å². The molecule has 0 fully saturated rings. The highest BCUT2D eigenvalue weighted by Crippen LogP contribution is 2.11. The van der Waals surface area contributed by atoms with Crippen molar-refractivity contribution in [2.24, 2.45) is 0 Å². The summed E-state index contributed by atoms with van der Waals surface area (Å²) < 4.78 is 3.97. The van der Waals surface area contributed by atoms with E-state index in [1.807, 2.05) is 30.0 Å². The summed E-state index contributed by atoms with van der Waals surface area (Å²) in [5.41, 5.74) is 0.766. The van der Waals surface area contributed by atoms with Crippen LogP contribution in [-0.2, 0) is 6.54 Å². The molecule has 0 amide bonds. The first-order valence-corrected chi connectivity index (χ1v) is 6.20. The van der Waals surface area contributed by atoms with Gasteiger partial charge in [0.2, 0.25) is 5.65 Å². The van der Waals surface area contributed by atoms with Crippen molar-refractivity contribution in [1.82, 2.24) is 29.1 Å². The van der Waals surface area contributed by atoms with Crippen LogP contribution in [0, 0.1) is 6.92 Å². The monoisotopic (exact) mass is 257 g/mol. The fourth-order valence-corrected chi connectivity index (χ4v) is 1.95. The fraction of sp³-hybridized carbons (Fsp3) is 0.333. The van der Waals surface area contributed by atoms with E-state index in [4.69, 9.17) is 0 Å². The second-order valence-electron chi connectivity index (χ2n) is 4.30. The number of hydrogen-bond donors (Lipinski definition) is 1. The number of fused-ring (bicyclic) bond motifs is 1. The Labute approximate surface area is 110 Å². The second-order valence-corrected chi connectivity index (χ2v) is 4.30. The molecule has 0 bridgehead atoms. The summed E-state index contributed by atoms with van der Waals surface area (Å²) in [4.78, 5) is 8.31. The van der Waals surface area contributed by atoms with Crippen molar-refractivity contribution in [2.45, 2.75) is 19.9 Å². The molecule has 7 heteroatoms. The molecule has 0 aromatic carbocycles. The van der Waals surface area contributed by atoms with Gasteiger partial charge in [0.05, 0.1) is 6.33 Å². The number of hydrogen-bond acceptors (Lipinski definition) is 5. The maximum atomic E-state index is 4.30. The van der Waals surface area contributed by atoms with Crippen molar-refractivity contribution in [2.75, 3.05) is 11.9 Å². The Morgan fingerprint density at radius 3 is 3.00 bits per heavy atom. The van der Waals surface area contributed by atoms with Crippen molar-refractivity contribution >= 4 is 11.5 Å². The zero-order chi connectivity index (χ0) is 13.1. The van der Waals surface area contributed by atoms with Crippen molar-refractivity contribution in [1.29, 1.82) is 0 Å². The summed E-state index contributed by atoms with van der Waals surface area (Å²) in [6.45, 7) is 3.68. The molecule has 3 aromatic rings. The SMILES string of the molecule is Cc1nnc2c(NCCCn3ccnc3)nccn12. The van der Waals surface area contributed by atoms with Gasteiger partial charge in [0.1, 0.15) is 5.82 Å². The number of imidazole rings is 1. The third-order valence-corrected chi connectivity index (χ3v) is 2.94. The average Bonchev–Trinajstić information content (AvgIpc) is 3.06. The van der Waals surface area contributed by atoms with Gasteiger partial charge in [-0.1, -0.05) is 0 Å². The van der Waals surface area contributed by atoms with Crippen molar-refractivity contribution in [3.63, 3.8) is 0 Å². The Balaban J connectivity index is 1.62. The summed E-state index contributed by atoms with van der Waals surface area (Å²) in [5.74, 6) is 1.63. The van der Waals surface area contributed by atoms with E-state index in [0.29, 0.717) is 0 Å². The predicted octanol–water partition coefficient (Wildman–Crippen LogP) is 1.13. The van der Waals surface area contributed by atoms with Gasteiger partial charge >= 0.3 is 0 Å². The van der Waals surface area contributed by atoms with Gasteiger partial charge < -0.3 is 9.88 Å². The highest BCUT2D eigenvalue weighted by molar-refractivity contribution is 5.61. The van der Waals surface area contributed by atoms with Crippen LogP contribution in [0.3, 0.4) is 0 Å². The molecule has 3 heterocycles. The molecule has 98 valence electrons. The van der Waals surface area contributed by atoms with Crippen LogP contribution < -0.4 is 5.32 Å². The second kappa shape index (κ2) is 5.05. The lowest BCUT2D eigenvalue weighted by Crippen LogP contribution is -2.08. The van der Waals surface area contributed by atoms with Gasteiger partial charge in [-0.05, 0) is 13.3 Å². The molecule has 0 aliphatic carbocycles. The Morgan fingerprint density at radius 2 is 2.16 bits per heavy atom. The molecule has 0 aliphatic rings. The van der Waals surface area contributed by atoms with Gasteiger partial charge in [0.15, 0.2) is 5.82 Å². The van der Waals surface area contributed by atoms with Gasteiger partial charge in [0, 0.05) is 37.9 Å². The minimum absolute atomic E-state index is 0.766. The van der Waals surface area contributed by atoms with E-state index in [0.717, 1.165) is 36.8 Å². The largest absolute Gasteiger partial charge is 0.367 e. The van der Waals surface area contributed by atoms with E-state index >= 15 is 0 Å². The molecular formula is C12H15N7. The number of anilines is 1. The predicted molar refractivity (Wildman–Crippen MR) is 70.9 cm³/mol. The van der Waals surface area contributed by atoms with E-state index in [-0.39, 0.29) is 0 Å². The summed E-state index contributed by atoms with van der Waals surface area (Å²) in [7, 11) is 0. The van der Waals surface area contributed by atoms with Gasteiger partial charge in [-0.25, -0.2) is 9.97 Å². The highest BCUT2D eigenvalue weighted by Gasteiger charge is 2.06. The molecule has 19 heavy (non-hydrogen) atoms. The first-order chi connectivity index (χ1) is 9.34. The summed E-state index contributed by atoms with van der Waals surface area (Å²) in [6.07, 6.45) is 10.2. The van der Waals surface area contributed by atoms with Crippen LogP contribution >= 0.6 is 0 Å². The number of aryl methyl sites for hydroxylation is 2. The minimum Gasteiger partial charge on any atom is -0.367 e. The van der Waals surface area contributed by atoms with Gasteiger partial charge in [0.25, 0.3) is 0 Å². The molecule has 0 aliphatic heterocycles. The Morgan fingerprint density at radius 1 is 1.21 bits per heavy atom. The number of aromatic nitrogens is 6. The fourth-order valence-electron chi connectivity index (χ4n) is 1.95. The van der Waals surface area contributed by atoms with Crippen LogP contribution in [0.4, 0.5) is 5.82 Å². The van der Waals surface area contributed by atoms with Gasteiger partial charge in [-0.2, -0.15) is 0 Å². The zero-order valence-corrected chi connectivity index (χ0v) is 10.7. The summed E-state index contributed by atoms with van der Waals surface area (Å²) in [6, 6.07) is 0. The smallest absolute Gasteiger partial charge is 0.203 e. The Kier molecular flexibility index (Phi) is 3.09. The lowest BCUT2D eigenvalue weighted by atomic mass is 10.4. The molecule has 1 N–H and O–H groups in total. The molecule has 3 aromatic heterocycles. The summed E-state index contributed by atoms with van der Waals surface area (Å²) >= 11 is 0. The molecule has 7 nitrogen and oxygen atoms in total. The van der Waals surface area contributed by atoms with E-state index < -0.39 is 0 Å². The van der Waals surface area contributed by atoms with Crippen LogP contribution in [0.1, 0.15) is 12.2 Å². The van der Waals surface area contributed by atoms with Crippen molar-refractivity contribution < 1.29 is 0 Å². The topological polar surface area (TPSA) is 72.9 Å². The molecule has 0 saturated carbocycles. The molecule has 0 unspecified atom stereocenters. The maximum Gasteiger partial charge on any atom is 0.203 e. The van der Waals surface area contributed by atoms with Crippen molar-refractivity contribution in [3.8, 4) is 0 Å². The maximum absolute atomic E-state index is 4.30. The molecule has 0 radical (unpaired) electrons. The van der Waals surface area contributed by atoms with Gasteiger partial charge in [-0.3, -0.25) is 4.40 Å². The normalized spacial score (nSPS) is 11.0. The first kappa shape index (κ1) is 11.6. The number of nitrogens with zero attached hydrogens (tertiary/aromatic N) is 6. The molecular weight excluding hydrogens is 242 g/mol. The lowest BCUT2D eigenvalue weighted by Gasteiger charge is -2.06. The molecule has 0 spiro atoms. The third-order valence-electron chi connectivity index (χ3n) is 2.94. The molecule has 0 saturated heterocycles. The third kappa shape index (κ3) is 2.40. The Hall–Kier alpha value is -2.44. The first-order valence-electron chi connectivity index (χ1n) is 6.20. The van der Waals surface area contributed by atoms with Gasteiger partial charge in [-0.15, -0.1) is 10.2 Å². The summed E-state index contributed by atoms with van der Waals surface area (Å²) in [5, 5.41) is 11.5. The van der Waals surface area contributed by atoms with Crippen molar-refractivity contribution in [3.05, 3.63) is 36.9 Å². The van der Waals surface area contributed by atoms with Crippen LogP contribution in [0.15, 0.2) is 31.1 Å². The standard InChI is InChI=1S/C12H15N7/c1-10-16-17-12-11(15-5-8-19(10)12)14-3-2-6-18-7-4-13-9-18/h4-5,7-9H,2-3,6H2,1H3,(H,14,15). The van der Waals surface area contributed by atoms with Crippen LogP contribution in [-0.4, -0.2) is 35.7 Å². The van der Waals surface area contributed by atoms with E-state index in [9.17, 15) is 0 Å². The van der Waals surface area contributed by atoms with E-state index in [1.54, 1.807) is 12.4 Å². The number of nitrogens with one attached hydrogen (secondary N) is 1. The van der Waals surface area contributed by atoms with E-state index in [2.05, 4.69) is 30.0 Å². The lowest BCUT2D eigenvalue weighted by molar-refractivity contribution is 0.660. The van der Waals surface area contributed by atoms with Crippen LogP contribution in [0.2, 0.25) is 0 Å². The average molecular weight is 257 g/mol. The quantitative estimate of drug-likeness (QED) is 0.694. The van der Waals surface area contributed by atoms with Crippen LogP contribution in [0.5, 0.6) is 0 Å².